The Morgan fingerprint density at radius 3 is 2.81 bits per heavy atom. The maximum absolute atomic E-state index is 12.4. The van der Waals surface area contributed by atoms with Crippen molar-refractivity contribution in [3.8, 4) is 0 Å². The average molecular weight is 347 g/mol. The Morgan fingerprint density at radius 2 is 1.96 bits per heavy atom. The summed E-state index contributed by atoms with van der Waals surface area (Å²) in [5.41, 5.74) is 3.34. The molecule has 1 amide bonds. The number of imidazole rings is 1. The first-order valence-corrected chi connectivity index (χ1v) is 8.22. The van der Waals surface area contributed by atoms with Crippen molar-refractivity contribution >= 4 is 28.0 Å². The molecule has 0 spiro atoms. The van der Waals surface area contributed by atoms with E-state index in [0.717, 1.165) is 22.4 Å². The SMILES string of the molecule is Cc1nc2cc(CNC(=O)c3nc4ccccc4[nH]c3=O)ccc2n1C. The summed E-state index contributed by atoms with van der Waals surface area (Å²) in [6, 6.07) is 12.9. The zero-order chi connectivity index (χ0) is 18.3. The first-order valence-electron chi connectivity index (χ1n) is 8.22. The number of carbonyl (C=O) groups excluding carboxylic acids is 1. The molecule has 2 aromatic heterocycles. The third-order valence-electron chi connectivity index (χ3n) is 4.44. The van der Waals surface area contributed by atoms with Crippen LogP contribution in [0.15, 0.2) is 47.3 Å². The van der Waals surface area contributed by atoms with Crippen molar-refractivity contribution in [1.82, 2.24) is 24.8 Å². The van der Waals surface area contributed by atoms with Gasteiger partial charge in [0.15, 0.2) is 5.69 Å². The van der Waals surface area contributed by atoms with Crippen LogP contribution in [0.3, 0.4) is 0 Å². The number of benzene rings is 2. The minimum Gasteiger partial charge on any atom is -0.346 e. The Kier molecular flexibility index (Phi) is 3.76. The van der Waals surface area contributed by atoms with Crippen LogP contribution in [0.4, 0.5) is 0 Å². The fourth-order valence-electron chi connectivity index (χ4n) is 2.93. The molecule has 2 heterocycles. The van der Waals surface area contributed by atoms with E-state index in [-0.39, 0.29) is 5.69 Å². The van der Waals surface area contributed by atoms with E-state index in [1.807, 2.05) is 36.7 Å². The maximum atomic E-state index is 12.4. The van der Waals surface area contributed by atoms with Crippen molar-refractivity contribution in [3.05, 3.63) is 69.9 Å². The third kappa shape index (κ3) is 2.73. The van der Waals surface area contributed by atoms with E-state index in [2.05, 4.69) is 20.3 Å². The van der Waals surface area contributed by atoms with E-state index < -0.39 is 11.5 Å². The number of hydrogen-bond acceptors (Lipinski definition) is 4. The number of aromatic amines is 1. The van der Waals surface area contributed by atoms with E-state index in [0.29, 0.717) is 17.6 Å². The first kappa shape index (κ1) is 16.0. The molecule has 26 heavy (non-hydrogen) atoms. The van der Waals surface area contributed by atoms with Crippen molar-refractivity contribution in [3.63, 3.8) is 0 Å². The predicted molar refractivity (Wildman–Crippen MR) is 99.0 cm³/mol. The largest absolute Gasteiger partial charge is 0.346 e. The Morgan fingerprint density at radius 1 is 1.15 bits per heavy atom. The van der Waals surface area contributed by atoms with Gasteiger partial charge in [0.05, 0.1) is 22.1 Å². The molecule has 0 fully saturated rings. The van der Waals surface area contributed by atoms with Gasteiger partial charge in [-0.1, -0.05) is 18.2 Å². The molecule has 0 saturated carbocycles. The number of rotatable bonds is 3. The van der Waals surface area contributed by atoms with E-state index in [9.17, 15) is 9.59 Å². The van der Waals surface area contributed by atoms with Gasteiger partial charge in [-0.2, -0.15) is 0 Å². The van der Waals surface area contributed by atoms with Crippen molar-refractivity contribution in [1.29, 1.82) is 0 Å². The number of carbonyl (C=O) groups is 1. The molecule has 130 valence electrons. The number of hydrogen-bond donors (Lipinski definition) is 2. The minimum absolute atomic E-state index is 0.140. The van der Waals surface area contributed by atoms with Crippen molar-refractivity contribution in [2.24, 2.45) is 7.05 Å². The maximum Gasteiger partial charge on any atom is 0.280 e. The van der Waals surface area contributed by atoms with E-state index in [1.54, 1.807) is 24.3 Å². The van der Waals surface area contributed by atoms with Gasteiger partial charge in [0, 0.05) is 13.6 Å². The van der Waals surface area contributed by atoms with Gasteiger partial charge in [0.1, 0.15) is 5.82 Å². The summed E-state index contributed by atoms with van der Waals surface area (Å²) >= 11 is 0. The lowest BCUT2D eigenvalue weighted by molar-refractivity contribution is 0.0944. The molecule has 4 aromatic rings. The van der Waals surface area contributed by atoms with Crippen LogP contribution in [0.1, 0.15) is 21.9 Å². The predicted octanol–water partition coefficient (Wildman–Crippen LogP) is 2.05. The molecule has 7 heteroatoms. The van der Waals surface area contributed by atoms with Crippen LogP contribution >= 0.6 is 0 Å². The summed E-state index contributed by atoms with van der Waals surface area (Å²) < 4.78 is 2.01. The van der Waals surface area contributed by atoms with Crippen LogP contribution in [0.25, 0.3) is 22.1 Å². The van der Waals surface area contributed by atoms with Crippen molar-refractivity contribution in [2.45, 2.75) is 13.5 Å². The second kappa shape index (κ2) is 6.11. The standard InChI is InChI=1S/C19H17N5O2/c1-11-21-15-9-12(7-8-16(15)24(11)2)10-20-18(25)17-19(26)23-14-6-4-3-5-13(14)22-17/h3-9H,10H2,1-2H3,(H,20,25)(H,23,26). The number of aromatic nitrogens is 4. The summed E-state index contributed by atoms with van der Waals surface area (Å²) in [5.74, 6) is 0.419. The minimum atomic E-state index is -0.505. The number of aryl methyl sites for hydroxylation is 2. The van der Waals surface area contributed by atoms with Crippen LogP contribution in [0, 0.1) is 6.92 Å². The molecule has 0 atom stereocenters. The van der Waals surface area contributed by atoms with E-state index in [1.165, 1.54) is 0 Å². The summed E-state index contributed by atoms with van der Waals surface area (Å²) in [4.78, 5) is 35.8. The summed E-state index contributed by atoms with van der Waals surface area (Å²) in [7, 11) is 1.96. The highest BCUT2D eigenvalue weighted by molar-refractivity contribution is 5.93. The molecular weight excluding hydrogens is 330 g/mol. The van der Waals surface area contributed by atoms with Crippen LogP contribution in [-0.2, 0) is 13.6 Å². The molecule has 0 radical (unpaired) electrons. The number of fused-ring (bicyclic) bond motifs is 2. The third-order valence-corrected chi connectivity index (χ3v) is 4.44. The zero-order valence-corrected chi connectivity index (χ0v) is 14.4. The number of nitrogens with one attached hydrogen (secondary N) is 2. The molecule has 0 saturated heterocycles. The van der Waals surface area contributed by atoms with Crippen LogP contribution in [0.2, 0.25) is 0 Å². The molecule has 0 aliphatic rings. The van der Waals surface area contributed by atoms with Gasteiger partial charge in [0.25, 0.3) is 11.5 Å². The fourth-order valence-corrected chi connectivity index (χ4v) is 2.93. The van der Waals surface area contributed by atoms with Crippen LogP contribution < -0.4 is 10.9 Å². The van der Waals surface area contributed by atoms with Gasteiger partial charge in [-0.15, -0.1) is 0 Å². The molecule has 0 aliphatic heterocycles. The monoisotopic (exact) mass is 347 g/mol. The highest BCUT2D eigenvalue weighted by Crippen LogP contribution is 2.16. The van der Waals surface area contributed by atoms with E-state index in [4.69, 9.17) is 0 Å². The Bertz CT molecular complexity index is 1210. The Balaban J connectivity index is 1.57. The smallest absolute Gasteiger partial charge is 0.280 e. The Labute approximate surface area is 148 Å². The first-order chi connectivity index (χ1) is 12.5. The van der Waals surface area contributed by atoms with Gasteiger partial charge < -0.3 is 14.9 Å². The quantitative estimate of drug-likeness (QED) is 0.593. The van der Waals surface area contributed by atoms with Crippen LogP contribution in [0.5, 0.6) is 0 Å². The number of para-hydroxylation sites is 2. The molecule has 0 bridgehead atoms. The lowest BCUT2D eigenvalue weighted by Gasteiger charge is -2.06. The molecule has 4 rings (SSSR count). The molecule has 2 N–H and O–H groups in total. The number of H-pyrrole nitrogens is 1. The van der Waals surface area contributed by atoms with E-state index >= 15 is 0 Å². The summed E-state index contributed by atoms with van der Waals surface area (Å²) in [5, 5.41) is 2.75. The molecule has 2 aromatic carbocycles. The lowest BCUT2D eigenvalue weighted by Crippen LogP contribution is -2.30. The molecule has 0 aliphatic carbocycles. The summed E-state index contributed by atoms with van der Waals surface area (Å²) in [6.07, 6.45) is 0. The second-order valence-corrected chi connectivity index (χ2v) is 6.16. The summed E-state index contributed by atoms with van der Waals surface area (Å²) in [6.45, 7) is 2.23. The average Bonchev–Trinajstić information content (AvgIpc) is 2.92. The highest BCUT2D eigenvalue weighted by atomic mass is 16.2. The lowest BCUT2D eigenvalue weighted by atomic mass is 10.2. The van der Waals surface area contributed by atoms with Gasteiger partial charge in [-0.3, -0.25) is 9.59 Å². The highest BCUT2D eigenvalue weighted by Gasteiger charge is 2.14. The van der Waals surface area contributed by atoms with Gasteiger partial charge >= 0.3 is 0 Å². The molecule has 0 unspecified atom stereocenters. The van der Waals surface area contributed by atoms with Gasteiger partial charge in [-0.05, 0) is 36.8 Å². The van der Waals surface area contributed by atoms with Crippen molar-refractivity contribution in [2.75, 3.05) is 0 Å². The number of amides is 1. The van der Waals surface area contributed by atoms with Gasteiger partial charge in [0.2, 0.25) is 0 Å². The topological polar surface area (TPSA) is 92.7 Å². The van der Waals surface area contributed by atoms with Crippen LogP contribution in [-0.4, -0.2) is 25.4 Å². The zero-order valence-electron chi connectivity index (χ0n) is 14.4. The molecular formula is C19H17N5O2. The molecule has 7 nitrogen and oxygen atoms in total. The second-order valence-electron chi connectivity index (χ2n) is 6.16. The number of nitrogens with zero attached hydrogens (tertiary/aromatic N) is 3. The van der Waals surface area contributed by atoms with Gasteiger partial charge in [-0.25, -0.2) is 9.97 Å². The fraction of sp³-hybridized carbons (Fsp3) is 0.158. The Hall–Kier alpha value is -3.48. The van der Waals surface area contributed by atoms with Crippen molar-refractivity contribution < 1.29 is 4.79 Å². The normalized spacial score (nSPS) is 11.2.